The van der Waals surface area contributed by atoms with Crippen LogP contribution < -0.4 is 11.5 Å². The average molecular weight is 491 g/mol. The number of hydrogen-bond donors (Lipinski definition) is 2. The van der Waals surface area contributed by atoms with Gasteiger partial charge in [-0.3, -0.25) is 0 Å². The minimum absolute atomic E-state index is 0.432. The third-order valence-corrected chi connectivity index (χ3v) is 7.48. The molecule has 0 fully saturated rings. The van der Waals surface area contributed by atoms with Gasteiger partial charge >= 0.3 is 0 Å². The Labute approximate surface area is 223 Å². The van der Waals surface area contributed by atoms with Crippen molar-refractivity contribution in [1.82, 2.24) is 0 Å². The highest BCUT2D eigenvalue weighted by molar-refractivity contribution is 5.76. The Morgan fingerprint density at radius 3 is 1.46 bits per heavy atom. The largest absolute Gasteiger partial charge is 0.399 e. The number of hydrogen-bond acceptors (Lipinski definition) is 2. The maximum Gasteiger partial charge on any atom is 0.0314 e. The molecule has 0 bridgehead atoms. The van der Waals surface area contributed by atoms with Gasteiger partial charge in [0.15, 0.2) is 0 Å². The molecule has 0 aromatic heterocycles. The summed E-state index contributed by atoms with van der Waals surface area (Å²) in [6.07, 6.45) is 11.7. The van der Waals surface area contributed by atoms with Gasteiger partial charge in [-0.25, -0.2) is 0 Å². The zero-order valence-corrected chi connectivity index (χ0v) is 22.3. The summed E-state index contributed by atoms with van der Waals surface area (Å²) in [6, 6.07) is 34.0. The van der Waals surface area contributed by atoms with Crippen molar-refractivity contribution in [3.05, 3.63) is 119 Å². The van der Waals surface area contributed by atoms with E-state index in [1.54, 1.807) is 0 Å². The van der Waals surface area contributed by atoms with Gasteiger partial charge in [-0.2, -0.15) is 0 Å². The second kappa shape index (κ2) is 13.7. The lowest BCUT2D eigenvalue weighted by Gasteiger charge is -2.18. The maximum atomic E-state index is 5.85. The molecule has 0 saturated heterocycles. The van der Waals surface area contributed by atoms with Crippen molar-refractivity contribution in [2.45, 2.75) is 70.6 Å². The van der Waals surface area contributed by atoms with Crippen molar-refractivity contribution >= 4 is 11.4 Å². The predicted octanol–water partition coefficient (Wildman–Crippen LogP) is 9.38. The number of nitrogens with two attached hydrogens (primary N) is 2. The summed E-state index contributed by atoms with van der Waals surface area (Å²) in [6.45, 7) is 2.27. The van der Waals surface area contributed by atoms with Crippen LogP contribution in [0.4, 0.5) is 11.4 Å². The van der Waals surface area contributed by atoms with Crippen molar-refractivity contribution in [2.75, 3.05) is 11.5 Å². The highest BCUT2D eigenvalue weighted by Crippen LogP contribution is 2.35. The molecule has 0 radical (unpaired) electrons. The molecule has 37 heavy (non-hydrogen) atoms. The molecule has 2 heteroatoms. The van der Waals surface area contributed by atoms with Crippen LogP contribution >= 0.6 is 0 Å². The van der Waals surface area contributed by atoms with Crippen LogP contribution in [-0.2, 0) is 6.42 Å². The Hall–Kier alpha value is -3.52. The van der Waals surface area contributed by atoms with E-state index in [1.165, 1.54) is 84.7 Å². The lowest BCUT2D eigenvalue weighted by atomic mass is 9.86. The molecular weight excluding hydrogens is 448 g/mol. The van der Waals surface area contributed by atoms with Gasteiger partial charge in [-0.05, 0) is 70.5 Å². The highest BCUT2D eigenvalue weighted by atomic mass is 14.5. The fourth-order valence-corrected chi connectivity index (χ4v) is 5.37. The zero-order valence-electron chi connectivity index (χ0n) is 22.3. The third kappa shape index (κ3) is 7.49. The molecule has 1 aliphatic carbocycles. The first-order valence-corrected chi connectivity index (χ1v) is 14.0. The predicted molar refractivity (Wildman–Crippen MR) is 161 cm³/mol. The number of fused-ring (bicyclic) bond motifs is 3. The molecule has 4 N–H and O–H groups in total. The molecule has 0 aliphatic heterocycles. The SMILES string of the molecule is CCCCCCCCCC(c1ccc(N)cc1)c1ccc(N)cc1.c1ccc2c(c1)Cc1ccccc1-2. The van der Waals surface area contributed by atoms with Gasteiger partial charge in [-0.1, -0.05) is 125 Å². The average Bonchev–Trinajstić information content (AvgIpc) is 3.31. The lowest BCUT2D eigenvalue weighted by Crippen LogP contribution is -2.02. The molecule has 0 spiro atoms. The van der Waals surface area contributed by atoms with Crippen LogP contribution in [0.1, 0.15) is 86.5 Å². The summed E-state index contributed by atoms with van der Waals surface area (Å²) in [4.78, 5) is 0. The molecule has 1 aliphatic rings. The Bertz CT molecular complexity index is 1140. The number of benzene rings is 4. The summed E-state index contributed by atoms with van der Waals surface area (Å²) in [5.41, 5.74) is 21.8. The number of rotatable bonds is 10. The maximum absolute atomic E-state index is 5.85. The molecule has 0 unspecified atom stereocenters. The fraction of sp³-hybridized carbons (Fsp3) is 0.314. The molecule has 0 saturated carbocycles. The standard InChI is InChI=1S/C22H32N2.C13H10/c1-2-3-4-5-6-7-8-9-22(18-10-14-20(23)15-11-18)19-12-16-21(24)17-13-19;1-3-7-12-10(5-1)9-11-6-2-4-8-13(11)12/h10-17,22H,2-9,23-24H2,1H3;1-8H,9H2. The first kappa shape index (κ1) is 26.5. The summed E-state index contributed by atoms with van der Waals surface area (Å²) in [7, 11) is 0. The molecule has 5 rings (SSSR count). The van der Waals surface area contributed by atoms with E-state index in [2.05, 4.69) is 79.7 Å². The first-order chi connectivity index (χ1) is 18.2. The van der Waals surface area contributed by atoms with Crippen molar-refractivity contribution in [2.24, 2.45) is 0 Å². The van der Waals surface area contributed by atoms with Crippen LogP contribution in [0.15, 0.2) is 97.1 Å². The second-order valence-corrected chi connectivity index (χ2v) is 10.3. The van der Waals surface area contributed by atoms with Crippen LogP contribution in [0.5, 0.6) is 0 Å². The molecule has 4 aromatic rings. The van der Waals surface area contributed by atoms with Crippen molar-refractivity contribution < 1.29 is 0 Å². The van der Waals surface area contributed by atoms with E-state index >= 15 is 0 Å². The van der Waals surface area contributed by atoms with E-state index < -0.39 is 0 Å². The van der Waals surface area contributed by atoms with E-state index in [1.807, 2.05) is 24.3 Å². The van der Waals surface area contributed by atoms with Gasteiger partial charge in [0.05, 0.1) is 0 Å². The Morgan fingerprint density at radius 1 is 0.541 bits per heavy atom. The number of nitrogen functional groups attached to an aromatic ring is 2. The summed E-state index contributed by atoms with van der Waals surface area (Å²) in [5, 5.41) is 0. The van der Waals surface area contributed by atoms with E-state index in [4.69, 9.17) is 11.5 Å². The van der Waals surface area contributed by atoms with Gasteiger partial charge in [-0.15, -0.1) is 0 Å². The lowest BCUT2D eigenvalue weighted by molar-refractivity contribution is 0.559. The van der Waals surface area contributed by atoms with Crippen molar-refractivity contribution in [3.8, 4) is 11.1 Å². The number of unbranched alkanes of at least 4 members (excludes halogenated alkanes) is 6. The second-order valence-electron chi connectivity index (χ2n) is 10.3. The monoisotopic (exact) mass is 490 g/mol. The summed E-state index contributed by atoms with van der Waals surface area (Å²) >= 11 is 0. The van der Waals surface area contributed by atoms with E-state index in [-0.39, 0.29) is 0 Å². The van der Waals surface area contributed by atoms with Gasteiger partial charge in [0.25, 0.3) is 0 Å². The molecule has 192 valence electrons. The van der Waals surface area contributed by atoms with Crippen LogP contribution in [0.3, 0.4) is 0 Å². The molecular formula is C35H42N2. The van der Waals surface area contributed by atoms with E-state index in [0.717, 1.165) is 17.8 Å². The molecule has 4 aromatic carbocycles. The minimum Gasteiger partial charge on any atom is -0.399 e. The normalized spacial score (nSPS) is 11.5. The summed E-state index contributed by atoms with van der Waals surface area (Å²) < 4.78 is 0. The molecule has 0 amide bonds. The molecule has 2 nitrogen and oxygen atoms in total. The molecule has 0 heterocycles. The fourth-order valence-electron chi connectivity index (χ4n) is 5.37. The van der Waals surface area contributed by atoms with Crippen LogP contribution in [0.25, 0.3) is 11.1 Å². The van der Waals surface area contributed by atoms with Crippen molar-refractivity contribution in [1.29, 1.82) is 0 Å². The van der Waals surface area contributed by atoms with E-state index in [0.29, 0.717) is 5.92 Å². The first-order valence-electron chi connectivity index (χ1n) is 14.0. The zero-order chi connectivity index (χ0) is 25.9. The Balaban J connectivity index is 0.000000204. The van der Waals surface area contributed by atoms with E-state index in [9.17, 15) is 0 Å². The van der Waals surface area contributed by atoms with Gasteiger partial charge < -0.3 is 11.5 Å². The van der Waals surface area contributed by atoms with Gasteiger partial charge in [0.2, 0.25) is 0 Å². The number of anilines is 2. The van der Waals surface area contributed by atoms with Crippen LogP contribution in [-0.4, -0.2) is 0 Å². The Morgan fingerprint density at radius 2 is 0.973 bits per heavy atom. The Kier molecular flexibility index (Phi) is 9.82. The smallest absolute Gasteiger partial charge is 0.0314 e. The van der Waals surface area contributed by atoms with Crippen LogP contribution in [0, 0.1) is 0 Å². The van der Waals surface area contributed by atoms with Gasteiger partial charge in [0, 0.05) is 17.3 Å². The molecule has 0 atom stereocenters. The van der Waals surface area contributed by atoms with Crippen molar-refractivity contribution in [3.63, 3.8) is 0 Å². The van der Waals surface area contributed by atoms with Crippen LogP contribution in [0.2, 0.25) is 0 Å². The highest BCUT2D eigenvalue weighted by Gasteiger charge is 2.16. The third-order valence-electron chi connectivity index (χ3n) is 7.48. The summed E-state index contributed by atoms with van der Waals surface area (Å²) in [5.74, 6) is 0.432. The minimum atomic E-state index is 0.432. The topological polar surface area (TPSA) is 52.0 Å². The van der Waals surface area contributed by atoms with Gasteiger partial charge in [0.1, 0.15) is 0 Å². The quantitative estimate of drug-likeness (QED) is 0.151.